The van der Waals surface area contributed by atoms with Gasteiger partial charge in [-0.25, -0.2) is 0 Å². The molecule has 0 aromatic rings. The molecule has 2 aliphatic carbocycles. The summed E-state index contributed by atoms with van der Waals surface area (Å²) < 4.78 is 0. The van der Waals surface area contributed by atoms with E-state index in [-0.39, 0.29) is 11.2 Å². The Morgan fingerprint density at radius 1 is 1.64 bits per heavy atom. The van der Waals surface area contributed by atoms with Crippen LogP contribution in [0.3, 0.4) is 0 Å². The largest absolute Gasteiger partial charge is 0.389 e. The van der Waals surface area contributed by atoms with Gasteiger partial charge in [-0.1, -0.05) is 6.92 Å². The minimum absolute atomic E-state index is 0.287. The van der Waals surface area contributed by atoms with Gasteiger partial charge in [-0.3, -0.25) is 4.79 Å². The van der Waals surface area contributed by atoms with E-state index in [2.05, 4.69) is 6.92 Å². The second kappa shape index (κ2) is 1.69. The van der Waals surface area contributed by atoms with Gasteiger partial charge < -0.3 is 5.11 Å². The van der Waals surface area contributed by atoms with Crippen molar-refractivity contribution < 1.29 is 9.90 Å². The smallest absolute Gasteiger partial charge is 0.142 e. The van der Waals surface area contributed by atoms with Crippen molar-refractivity contribution in [1.29, 1.82) is 0 Å². The molecule has 2 saturated carbocycles. The van der Waals surface area contributed by atoms with E-state index in [1.807, 2.05) is 0 Å². The van der Waals surface area contributed by atoms with Crippen molar-refractivity contribution in [3.8, 4) is 0 Å². The number of carbonyl (C=O) groups excluding carboxylic acids is 1. The third-order valence-electron chi connectivity index (χ3n) is 3.61. The zero-order chi connectivity index (χ0) is 8.28. The molecule has 0 unspecified atom stereocenters. The molecule has 62 valence electrons. The summed E-state index contributed by atoms with van der Waals surface area (Å²) in [6, 6.07) is 0. The first-order valence-corrected chi connectivity index (χ1v) is 4.26. The van der Waals surface area contributed by atoms with Crippen LogP contribution in [-0.4, -0.2) is 16.5 Å². The molecule has 0 bridgehead atoms. The van der Waals surface area contributed by atoms with Gasteiger partial charge in [0.25, 0.3) is 0 Å². The van der Waals surface area contributed by atoms with Crippen LogP contribution in [-0.2, 0) is 4.79 Å². The van der Waals surface area contributed by atoms with Crippen molar-refractivity contribution in [3.05, 3.63) is 0 Å². The molecule has 0 aliphatic heterocycles. The SMILES string of the molecule is C[C@H]1C[C@]12C(=O)CC[C@]2(C)O. The Hall–Kier alpha value is -0.370. The van der Waals surface area contributed by atoms with Crippen LogP contribution in [0.5, 0.6) is 0 Å². The summed E-state index contributed by atoms with van der Waals surface area (Å²) in [6.45, 7) is 3.86. The van der Waals surface area contributed by atoms with Gasteiger partial charge in [-0.2, -0.15) is 0 Å². The Morgan fingerprint density at radius 3 is 2.36 bits per heavy atom. The zero-order valence-electron chi connectivity index (χ0n) is 7.05. The number of Topliss-reactive ketones (excluding diaryl/α,β-unsaturated/α-hetero) is 1. The first kappa shape index (κ1) is 7.29. The lowest BCUT2D eigenvalue weighted by atomic mass is 9.87. The molecule has 1 N–H and O–H groups in total. The second-order valence-electron chi connectivity index (χ2n) is 4.27. The third-order valence-corrected chi connectivity index (χ3v) is 3.61. The number of carbonyl (C=O) groups is 1. The van der Waals surface area contributed by atoms with E-state index < -0.39 is 5.60 Å². The van der Waals surface area contributed by atoms with E-state index >= 15 is 0 Å². The van der Waals surface area contributed by atoms with Crippen molar-refractivity contribution in [2.24, 2.45) is 11.3 Å². The lowest BCUT2D eigenvalue weighted by Crippen LogP contribution is -2.35. The quantitative estimate of drug-likeness (QED) is 0.568. The molecular formula is C9H14O2. The maximum Gasteiger partial charge on any atom is 0.142 e. The molecule has 3 atom stereocenters. The van der Waals surface area contributed by atoms with Crippen LogP contribution >= 0.6 is 0 Å². The normalized spacial score (nSPS) is 55.5. The van der Waals surface area contributed by atoms with Gasteiger partial charge in [0.15, 0.2) is 0 Å². The van der Waals surface area contributed by atoms with Crippen LogP contribution in [0.4, 0.5) is 0 Å². The summed E-state index contributed by atoms with van der Waals surface area (Å²) >= 11 is 0. The third kappa shape index (κ3) is 0.639. The molecule has 0 aromatic carbocycles. The Balaban J connectivity index is 2.36. The molecule has 2 aliphatic rings. The zero-order valence-corrected chi connectivity index (χ0v) is 7.05. The van der Waals surface area contributed by atoms with Gasteiger partial charge in [-0.05, 0) is 25.7 Å². The van der Waals surface area contributed by atoms with Gasteiger partial charge >= 0.3 is 0 Å². The molecule has 0 aromatic heterocycles. The van der Waals surface area contributed by atoms with Crippen LogP contribution in [0, 0.1) is 11.3 Å². The van der Waals surface area contributed by atoms with E-state index in [4.69, 9.17) is 0 Å². The van der Waals surface area contributed by atoms with E-state index in [1.54, 1.807) is 6.92 Å². The highest BCUT2D eigenvalue weighted by Crippen LogP contribution is 2.65. The predicted molar refractivity (Wildman–Crippen MR) is 41.1 cm³/mol. The fourth-order valence-electron chi connectivity index (χ4n) is 2.67. The van der Waals surface area contributed by atoms with Gasteiger partial charge in [0.1, 0.15) is 5.78 Å². The molecule has 0 radical (unpaired) electrons. The van der Waals surface area contributed by atoms with Crippen molar-refractivity contribution >= 4 is 5.78 Å². The van der Waals surface area contributed by atoms with E-state index in [9.17, 15) is 9.90 Å². The van der Waals surface area contributed by atoms with Gasteiger partial charge in [-0.15, -0.1) is 0 Å². The summed E-state index contributed by atoms with van der Waals surface area (Å²) in [6.07, 6.45) is 2.15. The van der Waals surface area contributed by atoms with E-state index in [0.717, 1.165) is 6.42 Å². The second-order valence-corrected chi connectivity index (χ2v) is 4.27. The number of aliphatic hydroxyl groups is 1. The van der Waals surface area contributed by atoms with Gasteiger partial charge in [0.05, 0.1) is 11.0 Å². The van der Waals surface area contributed by atoms with Crippen LogP contribution < -0.4 is 0 Å². The summed E-state index contributed by atoms with van der Waals surface area (Å²) in [7, 11) is 0. The van der Waals surface area contributed by atoms with Crippen molar-refractivity contribution in [2.75, 3.05) is 0 Å². The summed E-state index contributed by atoms with van der Waals surface area (Å²) in [5.41, 5.74) is -1.03. The van der Waals surface area contributed by atoms with Crippen molar-refractivity contribution in [2.45, 2.75) is 38.7 Å². The van der Waals surface area contributed by atoms with E-state index in [1.165, 1.54) is 0 Å². The Labute approximate surface area is 66.6 Å². The van der Waals surface area contributed by atoms with Crippen molar-refractivity contribution in [3.63, 3.8) is 0 Å². The average Bonchev–Trinajstić information content (AvgIpc) is 2.53. The lowest BCUT2D eigenvalue weighted by Gasteiger charge is -2.24. The molecule has 2 nitrogen and oxygen atoms in total. The topological polar surface area (TPSA) is 37.3 Å². The lowest BCUT2D eigenvalue weighted by molar-refractivity contribution is -0.127. The minimum Gasteiger partial charge on any atom is -0.389 e. The minimum atomic E-state index is -0.705. The van der Waals surface area contributed by atoms with Crippen LogP contribution in [0.1, 0.15) is 33.1 Å². The number of ketones is 1. The monoisotopic (exact) mass is 154 g/mol. The number of hydrogen-bond acceptors (Lipinski definition) is 2. The fourth-order valence-corrected chi connectivity index (χ4v) is 2.67. The molecule has 0 saturated heterocycles. The van der Waals surface area contributed by atoms with Crippen LogP contribution in [0.15, 0.2) is 0 Å². The first-order chi connectivity index (χ1) is 5.01. The Kier molecular flexibility index (Phi) is 1.12. The molecule has 1 spiro atoms. The van der Waals surface area contributed by atoms with E-state index in [0.29, 0.717) is 18.8 Å². The Bertz CT molecular complexity index is 220. The maximum absolute atomic E-state index is 11.4. The first-order valence-electron chi connectivity index (χ1n) is 4.26. The highest BCUT2D eigenvalue weighted by Gasteiger charge is 2.69. The summed E-state index contributed by atoms with van der Waals surface area (Å²) in [5, 5.41) is 9.90. The molecule has 2 rings (SSSR count). The molecule has 0 heterocycles. The molecule has 11 heavy (non-hydrogen) atoms. The summed E-state index contributed by atoms with van der Waals surface area (Å²) in [5.74, 6) is 0.697. The standard InChI is InChI=1S/C9H14O2/c1-6-5-9(6)7(10)3-4-8(9,2)11/h6,11H,3-5H2,1-2H3/t6-,8-,9+/m0/s1. The number of hydrogen-bond donors (Lipinski definition) is 1. The highest BCUT2D eigenvalue weighted by atomic mass is 16.3. The molecule has 2 fully saturated rings. The predicted octanol–water partition coefficient (Wildman–Crippen LogP) is 1.13. The van der Waals surface area contributed by atoms with Gasteiger partial charge in [0, 0.05) is 6.42 Å². The average molecular weight is 154 g/mol. The van der Waals surface area contributed by atoms with Gasteiger partial charge in [0.2, 0.25) is 0 Å². The molecule has 2 heteroatoms. The van der Waals surface area contributed by atoms with Crippen LogP contribution in [0.25, 0.3) is 0 Å². The van der Waals surface area contributed by atoms with Crippen LogP contribution in [0.2, 0.25) is 0 Å². The highest BCUT2D eigenvalue weighted by molar-refractivity contribution is 5.91. The maximum atomic E-state index is 11.4. The molecule has 0 amide bonds. The Morgan fingerprint density at radius 2 is 2.18 bits per heavy atom. The fraction of sp³-hybridized carbons (Fsp3) is 0.889. The molecular weight excluding hydrogens is 140 g/mol. The van der Waals surface area contributed by atoms with Crippen molar-refractivity contribution in [1.82, 2.24) is 0 Å². The number of rotatable bonds is 0. The summed E-state index contributed by atoms with van der Waals surface area (Å²) in [4.78, 5) is 11.4.